The van der Waals surface area contributed by atoms with Crippen LogP contribution in [0.4, 0.5) is 0 Å². The van der Waals surface area contributed by atoms with Gasteiger partial charge in [0.05, 0.1) is 5.02 Å². The highest BCUT2D eigenvalue weighted by atomic mass is 79.9. The monoisotopic (exact) mass is 287 g/mol. The maximum absolute atomic E-state index is 6.06. The second kappa shape index (κ2) is 5.69. The van der Waals surface area contributed by atoms with Crippen molar-refractivity contribution in [3.05, 3.63) is 45.4 Å². The molecule has 0 saturated carbocycles. The molecule has 82 valence electrons. The van der Waals surface area contributed by atoms with Gasteiger partial charge in [-0.1, -0.05) is 23.2 Å². The highest BCUT2D eigenvalue weighted by Crippen LogP contribution is 2.27. The number of hydrogen-bond acceptors (Lipinski definition) is 1. The average molecular weight is 289 g/mol. The SMILES string of the molecule is C=C(C)CCC(N)c1ccc(Cl)c(Br)c1. The van der Waals surface area contributed by atoms with Crippen molar-refractivity contribution in [3.8, 4) is 0 Å². The molecule has 0 aliphatic carbocycles. The normalized spacial score (nSPS) is 12.5. The molecule has 0 aliphatic rings. The van der Waals surface area contributed by atoms with E-state index in [2.05, 4.69) is 22.5 Å². The first-order valence-corrected chi connectivity index (χ1v) is 6.02. The van der Waals surface area contributed by atoms with E-state index in [4.69, 9.17) is 17.3 Å². The summed E-state index contributed by atoms with van der Waals surface area (Å²) in [6, 6.07) is 5.86. The summed E-state index contributed by atoms with van der Waals surface area (Å²) in [7, 11) is 0. The van der Waals surface area contributed by atoms with Crippen LogP contribution in [0.2, 0.25) is 5.02 Å². The van der Waals surface area contributed by atoms with E-state index in [1.807, 2.05) is 25.1 Å². The summed E-state index contributed by atoms with van der Waals surface area (Å²) < 4.78 is 0.896. The van der Waals surface area contributed by atoms with E-state index in [0.717, 1.165) is 22.9 Å². The Hall–Kier alpha value is -0.310. The number of rotatable bonds is 4. The molecule has 0 aliphatic heterocycles. The lowest BCUT2D eigenvalue weighted by Gasteiger charge is -2.12. The van der Waals surface area contributed by atoms with Gasteiger partial charge in [-0.05, 0) is 53.4 Å². The largest absolute Gasteiger partial charge is 0.324 e. The van der Waals surface area contributed by atoms with Crippen LogP contribution < -0.4 is 5.73 Å². The number of allylic oxidation sites excluding steroid dienone is 1. The van der Waals surface area contributed by atoms with Crippen molar-refractivity contribution < 1.29 is 0 Å². The number of halogens is 2. The fraction of sp³-hybridized carbons (Fsp3) is 0.333. The predicted molar refractivity (Wildman–Crippen MR) is 70.1 cm³/mol. The first kappa shape index (κ1) is 12.8. The Morgan fingerprint density at radius 2 is 2.27 bits per heavy atom. The minimum Gasteiger partial charge on any atom is -0.324 e. The van der Waals surface area contributed by atoms with E-state index in [1.54, 1.807) is 0 Å². The van der Waals surface area contributed by atoms with Gasteiger partial charge in [-0.25, -0.2) is 0 Å². The van der Waals surface area contributed by atoms with Crippen molar-refractivity contribution in [1.29, 1.82) is 0 Å². The lowest BCUT2D eigenvalue weighted by atomic mass is 10.0. The van der Waals surface area contributed by atoms with Gasteiger partial charge in [0.25, 0.3) is 0 Å². The molecule has 1 atom stereocenters. The van der Waals surface area contributed by atoms with Gasteiger partial charge in [-0.15, -0.1) is 6.58 Å². The Labute approximate surface area is 104 Å². The van der Waals surface area contributed by atoms with E-state index in [1.165, 1.54) is 5.57 Å². The van der Waals surface area contributed by atoms with Crippen molar-refractivity contribution in [2.75, 3.05) is 0 Å². The molecule has 1 aromatic rings. The van der Waals surface area contributed by atoms with Crippen LogP contribution in [0.1, 0.15) is 31.4 Å². The van der Waals surface area contributed by atoms with Gasteiger partial charge >= 0.3 is 0 Å². The minimum atomic E-state index is 0.0512. The smallest absolute Gasteiger partial charge is 0.0548 e. The number of benzene rings is 1. The number of hydrogen-bond donors (Lipinski definition) is 1. The van der Waals surface area contributed by atoms with Crippen molar-refractivity contribution in [2.24, 2.45) is 5.73 Å². The maximum atomic E-state index is 6.06. The van der Waals surface area contributed by atoms with Crippen molar-refractivity contribution >= 4 is 27.5 Å². The first-order valence-electron chi connectivity index (χ1n) is 4.85. The van der Waals surface area contributed by atoms with Crippen LogP contribution >= 0.6 is 27.5 Å². The fourth-order valence-electron chi connectivity index (χ4n) is 1.31. The zero-order chi connectivity index (χ0) is 11.4. The molecule has 0 saturated heterocycles. The lowest BCUT2D eigenvalue weighted by Crippen LogP contribution is -2.10. The van der Waals surface area contributed by atoms with Crippen LogP contribution in [0.3, 0.4) is 0 Å². The summed E-state index contributed by atoms with van der Waals surface area (Å²) in [5.41, 5.74) is 8.33. The van der Waals surface area contributed by atoms with Crippen LogP contribution in [0.25, 0.3) is 0 Å². The summed E-state index contributed by atoms with van der Waals surface area (Å²) >= 11 is 9.30. The molecule has 1 rings (SSSR count). The third-order valence-electron chi connectivity index (χ3n) is 2.25. The van der Waals surface area contributed by atoms with Crippen molar-refractivity contribution in [1.82, 2.24) is 0 Å². The third-order valence-corrected chi connectivity index (χ3v) is 3.47. The van der Waals surface area contributed by atoms with Gasteiger partial charge < -0.3 is 5.73 Å². The molecule has 0 radical (unpaired) electrons. The van der Waals surface area contributed by atoms with Crippen molar-refractivity contribution in [2.45, 2.75) is 25.8 Å². The van der Waals surface area contributed by atoms with Crippen LogP contribution in [0.15, 0.2) is 34.8 Å². The quantitative estimate of drug-likeness (QED) is 0.813. The average Bonchev–Trinajstić information content (AvgIpc) is 2.18. The summed E-state index contributed by atoms with van der Waals surface area (Å²) in [6.45, 7) is 5.88. The van der Waals surface area contributed by atoms with Gasteiger partial charge in [-0.2, -0.15) is 0 Å². The third kappa shape index (κ3) is 3.98. The molecule has 2 N–H and O–H groups in total. The maximum Gasteiger partial charge on any atom is 0.0548 e. The Morgan fingerprint density at radius 1 is 1.60 bits per heavy atom. The molecule has 15 heavy (non-hydrogen) atoms. The van der Waals surface area contributed by atoms with Crippen LogP contribution in [-0.2, 0) is 0 Å². The van der Waals surface area contributed by atoms with Gasteiger partial charge in [0.2, 0.25) is 0 Å². The second-order valence-electron chi connectivity index (χ2n) is 3.78. The minimum absolute atomic E-state index is 0.0512. The van der Waals surface area contributed by atoms with Crippen LogP contribution in [0, 0.1) is 0 Å². The topological polar surface area (TPSA) is 26.0 Å². The summed E-state index contributed by atoms with van der Waals surface area (Å²) in [4.78, 5) is 0. The molecule has 0 amide bonds. The van der Waals surface area contributed by atoms with E-state index in [-0.39, 0.29) is 6.04 Å². The highest BCUT2D eigenvalue weighted by Gasteiger charge is 2.07. The molecule has 0 heterocycles. The van der Waals surface area contributed by atoms with Crippen LogP contribution in [-0.4, -0.2) is 0 Å². The molecule has 1 nitrogen and oxygen atoms in total. The molecule has 0 fully saturated rings. The summed E-state index contributed by atoms with van der Waals surface area (Å²) in [5, 5.41) is 0.714. The Morgan fingerprint density at radius 3 is 2.80 bits per heavy atom. The van der Waals surface area contributed by atoms with Gasteiger partial charge in [0, 0.05) is 10.5 Å². The van der Waals surface area contributed by atoms with Crippen LogP contribution in [0.5, 0.6) is 0 Å². The fourth-order valence-corrected chi connectivity index (χ4v) is 1.83. The standard InChI is InChI=1S/C12H15BrClN/c1-8(2)3-6-12(15)9-4-5-11(14)10(13)7-9/h4-5,7,12H,1,3,6,15H2,2H3. The molecular weight excluding hydrogens is 273 g/mol. The van der Waals surface area contributed by atoms with E-state index >= 15 is 0 Å². The van der Waals surface area contributed by atoms with Gasteiger partial charge in [-0.3, -0.25) is 0 Å². The zero-order valence-corrected chi connectivity index (χ0v) is 11.1. The van der Waals surface area contributed by atoms with E-state index < -0.39 is 0 Å². The molecule has 0 aromatic heterocycles. The molecule has 0 bridgehead atoms. The zero-order valence-electron chi connectivity index (χ0n) is 8.76. The molecule has 3 heteroatoms. The summed E-state index contributed by atoms with van der Waals surface area (Å²) in [6.07, 6.45) is 1.88. The highest BCUT2D eigenvalue weighted by molar-refractivity contribution is 9.10. The molecule has 1 unspecified atom stereocenters. The Bertz CT molecular complexity index is 363. The molecular formula is C12H15BrClN. The van der Waals surface area contributed by atoms with E-state index in [9.17, 15) is 0 Å². The summed E-state index contributed by atoms with van der Waals surface area (Å²) in [5.74, 6) is 0. The number of nitrogens with two attached hydrogens (primary N) is 1. The first-order chi connectivity index (χ1) is 7.00. The Balaban J connectivity index is 2.69. The van der Waals surface area contributed by atoms with E-state index in [0.29, 0.717) is 5.02 Å². The van der Waals surface area contributed by atoms with Gasteiger partial charge in [0.1, 0.15) is 0 Å². The lowest BCUT2D eigenvalue weighted by molar-refractivity contribution is 0.649. The second-order valence-corrected chi connectivity index (χ2v) is 5.04. The molecule has 1 aromatic carbocycles. The molecule has 0 spiro atoms. The van der Waals surface area contributed by atoms with Crippen molar-refractivity contribution in [3.63, 3.8) is 0 Å². The predicted octanol–water partition coefficient (Wildman–Crippen LogP) is 4.46. The van der Waals surface area contributed by atoms with Gasteiger partial charge in [0.15, 0.2) is 0 Å². The Kier molecular flexibility index (Phi) is 4.84.